The van der Waals surface area contributed by atoms with Gasteiger partial charge in [-0.05, 0) is 52.2 Å². The molecule has 0 aliphatic carbocycles. The van der Waals surface area contributed by atoms with Gasteiger partial charge in [0.05, 0.1) is 5.69 Å². The third kappa shape index (κ3) is 4.16. The van der Waals surface area contributed by atoms with E-state index in [0.29, 0.717) is 11.4 Å². The van der Waals surface area contributed by atoms with Crippen molar-refractivity contribution in [3.63, 3.8) is 0 Å². The van der Waals surface area contributed by atoms with E-state index in [1.54, 1.807) is 30.3 Å². The van der Waals surface area contributed by atoms with Gasteiger partial charge in [-0.1, -0.05) is 31.2 Å². The number of halogens is 1. The van der Waals surface area contributed by atoms with Gasteiger partial charge < -0.3 is 10.6 Å². The zero-order valence-electron chi connectivity index (χ0n) is 11.5. The van der Waals surface area contributed by atoms with Crippen LogP contribution in [0.2, 0.25) is 0 Å². The fraction of sp³-hybridized carbons (Fsp3) is 0.125. The number of carbonyl (C=O) groups is 2. The van der Waals surface area contributed by atoms with Crippen molar-refractivity contribution in [2.45, 2.75) is 13.3 Å². The fourth-order valence-electron chi connectivity index (χ4n) is 1.75. The summed E-state index contributed by atoms with van der Waals surface area (Å²) in [5, 5.41) is 5.12. The maximum Gasteiger partial charge on any atom is 0.314 e. The van der Waals surface area contributed by atoms with Crippen LogP contribution in [0.3, 0.4) is 0 Å². The highest BCUT2D eigenvalue weighted by Gasteiger charge is 2.14. The summed E-state index contributed by atoms with van der Waals surface area (Å²) < 4.78 is 0.721. The minimum Gasteiger partial charge on any atom is -0.318 e. The van der Waals surface area contributed by atoms with Crippen LogP contribution in [-0.2, 0) is 16.0 Å². The van der Waals surface area contributed by atoms with Crippen molar-refractivity contribution in [1.29, 1.82) is 0 Å². The number of carbonyl (C=O) groups excluding carboxylic acids is 2. The zero-order valence-corrected chi connectivity index (χ0v) is 13.1. The van der Waals surface area contributed by atoms with Crippen molar-refractivity contribution in [3.05, 3.63) is 58.6 Å². The van der Waals surface area contributed by atoms with Crippen molar-refractivity contribution in [2.75, 3.05) is 10.6 Å². The van der Waals surface area contributed by atoms with Crippen molar-refractivity contribution >= 4 is 39.1 Å². The van der Waals surface area contributed by atoms with Gasteiger partial charge in [0.2, 0.25) is 0 Å². The number of aryl methyl sites for hydroxylation is 1. The minimum absolute atomic E-state index is 0.555. The van der Waals surface area contributed by atoms with Gasteiger partial charge in [0, 0.05) is 10.2 Å². The first-order chi connectivity index (χ1) is 10.1. The monoisotopic (exact) mass is 346 g/mol. The smallest absolute Gasteiger partial charge is 0.314 e. The van der Waals surface area contributed by atoms with Crippen LogP contribution in [0.1, 0.15) is 12.5 Å². The summed E-state index contributed by atoms with van der Waals surface area (Å²) in [5.74, 6) is -1.41. The standard InChI is InChI=1S/C16H15BrN2O2/c1-2-11-7-9-12(10-8-11)18-15(20)16(21)19-14-6-4-3-5-13(14)17/h3-10H,2H2,1H3,(H,18,20)(H,19,21). The van der Waals surface area contributed by atoms with Crippen LogP contribution < -0.4 is 10.6 Å². The highest BCUT2D eigenvalue weighted by molar-refractivity contribution is 9.10. The third-order valence-corrected chi connectivity index (χ3v) is 3.64. The average molecular weight is 347 g/mol. The predicted octanol–water partition coefficient (Wildman–Crippen LogP) is 3.59. The van der Waals surface area contributed by atoms with Crippen molar-refractivity contribution in [1.82, 2.24) is 0 Å². The molecule has 2 aromatic rings. The summed E-state index contributed by atoms with van der Waals surface area (Å²) in [4.78, 5) is 23.7. The van der Waals surface area contributed by atoms with Crippen LogP contribution in [0.25, 0.3) is 0 Å². The SMILES string of the molecule is CCc1ccc(NC(=O)C(=O)Nc2ccccc2Br)cc1. The van der Waals surface area contributed by atoms with Gasteiger partial charge in [-0.25, -0.2) is 0 Å². The van der Waals surface area contributed by atoms with Crippen molar-refractivity contribution in [2.24, 2.45) is 0 Å². The second kappa shape index (κ2) is 7.04. The number of anilines is 2. The number of nitrogens with one attached hydrogen (secondary N) is 2. The lowest BCUT2D eigenvalue weighted by Gasteiger charge is -2.08. The Kier molecular flexibility index (Phi) is 5.11. The van der Waals surface area contributed by atoms with Gasteiger partial charge in [-0.2, -0.15) is 0 Å². The Morgan fingerprint density at radius 3 is 2.19 bits per heavy atom. The van der Waals surface area contributed by atoms with E-state index < -0.39 is 11.8 Å². The maximum absolute atomic E-state index is 11.8. The summed E-state index contributed by atoms with van der Waals surface area (Å²) in [5.41, 5.74) is 2.32. The van der Waals surface area contributed by atoms with E-state index in [2.05, 4.69) is 33.5 Å². The number of para-hydroxylation sites is 1. The van der Waals surface area contributed by atoms with Gasteiger partial charge in [0.25, 0.3) is 0 Å². The van der Waals surface area contributed by atoms with Crippen LogP contribution in [0.15, 0.2) is 53.0 Å². The van der Waals surface area contributed by atoms with E-state index in [0.717, 1.165) is 10.9 Å². The number of hydrogen-bond donors (Lipinski definition) is 2. The molecule has 0 atom stereocenters. The lowest BCUT2D eigenvalue weighted by Crippen LogP contribution is -2.29. The average Bonchev–Trinajstić information content (AvgIpc) is 2.50. The first-order valence-corrected chi connectivity index (χ1v) is 7.35. The summed E-state index contributed by atoms with van der Waals surface area (Å²) in [6.45, 7) is 2.05. The number of rotatable bonds is 3. The Morgan fingerprint density at radius 1 is 0.952 bits per heavy atom. The summed E-state index contributed by atoms with van der Waals surface area (Å²) >= 11 is 3.31. The Bertz CT molecular complexity index is 654. The third-order valence-electron chi connectivity index (χ3n) is 2.95. The summed E-state index contributed by atoms with van der Waals surface area (Å²) in [6, 6.07) is 14.5. The quantitative estimate of drug-likeness (QED) is 0.834. The molecule has 0 spiro atoms. The molecule has 0 saturated heterocycles. The molecule has 0 aliphatic rings. The van der Waals surface area contributed by atoms with Gasteiger partial charge in [0.1, 0.15) is 0 Å². The largest absolute Gasteiger partial charge is 0.318 e. The Labute approximate surface area is 131 Å². The molecule has 0 heterocycles. The lowest BCUT2D eigenvalue weighted by molar-refractivity contribution is -0.133. The molecule has 5 heteroatoms. The van der Waals surface area contributed by atoms with Crippen LogP contribution in [0.5, 0.6) is 0 Å². The first-order valence-electron chi connectivity index (χ1n) is 6.56. The molecule has 2 aromatic carbocycles. The van der Waals surface area contributed by atoms with E-state index >= 15 is 0 Å². The van der Waals surface area contributed by atoms with Gasteiger partial charge in [-0.15, -0.1) is 0 Å². The second-order valence-electron chi connectivity index (χ2n) is 4.44. The molecule has 108 valence electrons. The molecule has 0 aromatic heterocycles. The van der Waals surface area contributed by atoms with E-state index in [1.807, 2.05) is 18.2 Å². The van der Waals surface area contributed by atoms with E-state index in [4.69, 9.17) is 0 Å². The zero-order chi connectivity index (χ0) is 15.2. The predicted molar refractivity (Wildman–Crippen MR) is 87.2 cm³/mol. The van der Waals surface area contributed by atoms with Gasteiger partial charge in [-0.3, -0.25) is 9.59 Å². The van der Waals surface area contributed by atoms with Gasteiger partial charge >= 0.3 is 11.8 Å². The molecule has 0 saturated carbocycles. The summed E-state index contributed by atoms with van der Waals surface area (Å²) in [6.07, 6.45) is 0.927. The van der Waals surface area contributed by atoms with E-state index in [1.165, 1.54) is 5.56 Å². The molecular weight excluding hydrogens is 332 g/mol. The molecule has 4 nitrogen and oxygen atoms in total. The molecule has 2 rings (SSSR count). The lowest BCUT2D eigenvalue weighted by atomic mass is 10.1. The van der Waals surface area contributed by atoms with Crippen LogP contribution in [0.4, 0.5) is 11.4 Å². The second-order valence-corrected chi connectivity index (χ2v) is 5.29. The molecule has 2 amide bonds. The van der Waals surface area contributed by atoms with Crippen LogP contribution in [-0.4, -0.2) is 11.8 Å². The molecule has 2 N–H and O–H groups in total. The Morgan fingerprint density at radius 2 is 1.57 bits per heavy atom. The highest BCUT2D eigenvalue weighted by Crippen LogP contribution is 2.21. The molecule has 21 heavy (non-hydrogen) atoms. The molecular formula is C16H15BrN2O2. The van der Waals surface area contributed by atoms with Crippen molar-refractivity contribution < 1.29 is 9.59 Å². The molecule has 0 unspecified atom stereocenters. The molecule has 0 fully saturated rings. The minimum atomic E-state index is -0.707. The van der Waals surface area contributed by atoms with Crippen LogP contribution >= 0.6 is 15.9 Å². The molecule has 0 radical (unpaired) electrons. The van der Waals surface area contributed by atoms with Crippen LogP contribution in [0, 0.1) is 0 Å². The fourth-order valence-corrected chi connectivity index (χ4v) is 2.14. The summed E-state index contributed by atoms with van der Waals surface area (Å²) in [7, 11) is 0. The highest BCUT2D eigenvalue weighted by atomic mass is 79.9. The number of amides is 2. The van der Waals surface area contributed by atoms with Gasteiger partial charge in [0.15, 0.2) is 0 Å². The van der Waals surface area contributed by atoms with Crippen molar-refractivity contribution in [3.8, 4) is 0 Å². The number of benzene rings is 2. The molecule has 0 bridgehead atoms. The molecule has 0 aliphatic heterocycles. The van der Waals surface area contributed by atoms with E-state index in [9.17, 15) is 9.59 Å². The maximum atomic E-state index is 11.8. The van der Waals surface area contributed by atoms with E-state index in [-0.39, 0.29) is 0 Å². The number of hydrogen-bond acceptors (Lipinski definition) is 2. The normalized spacial score (nSPS) is 10.0. The first kappa shape index (κ1) is 15.3. The Balaban J connectivity index is 1.99. The topological polar surface area (TPSA) is 58.2 Å². The Hall–Kier alpha value is -2.14.